The molecule has 1 aromatic carbocycles. The summed E-state index contributed by atoms with van der Waals surface area (Å²) in [6, 6.07) is 5.32. The van der Waals surface area contributed by atoms with Crippen LogP contribution in [-0.4, -0.2) is 13.7 Å². The molecule has 1 aromatic rings. The molecule has 0 radical (unpaired) electrons. The van der Waals surface area contributed by atoms with Gasteiger partial charge in [-0.2, -0.15) is 0 Å². The van der Waals surface area contributed by atoms with Crippen molar-refractivity contribution in [2.75, 3.05) is 13.7 Å². The van der Waals surface area contributed by atoms with Crippen LogP contribution in [0.3, 0.4) is 0 Å². The van der Waals surface area contributed by atoms with E-state index in [1.54, 1.807) is 6.07 Å². The average molecular weight is 209 g/mol. The number of hydrogen-bond acceptors (Lipinski definition) is 2. The predicted molar refractivity (Wildman–Crippen MR) is 57.5 cm³/mol. The van der Waals surface area contributed by atoms with Gasteiger partial charge in [-0.05, 0) is 42.9 Å². The van der Waals surface area contributed by atoms with Crippen LogP contribution in [0.2, 0.25) is 0 Å². The monoisotopic (exact) mass is 209 g/mol. The van der Waals surface area contributed by atoms with Crippen LogP contribution in [0, 0.1) is 11.7 Å². The second-order valence-corrected chi connectivity index (χ2v) is 4.04. The average Bonchev–Trinajstić information content (AvgIpc) is 2.20. The van der Waals surface area contributed by atoms with Crippen molar-refractivity contribution in [2.24, 2.45) is 11.7 Å². The van der Waals surface area contributed by atoms with E-state index in [1.807, 2.05) is 12.1 Å². The zero-order valence-corrected chi connectivity index (χ0v) is 8.87. The number of methoxy groups -OCH3 is 1. The molecule has 2 rings (SSSR count). The maximum absolute atomic E-state index is 13.9. The van der Waals surface area contributed by atoms with Crippen LogP contribution >= 0.6 is 0 Å². The second kappa shape index (κ2) is 4.19. The van der Waals surface area contributed by atoms with Crippen LogP contribution in [0.4, 0.5) is 4.39 Å². The molecule has 0 heterocycles. The summed E-state index contributed by atoms with van der Waals surface area (Å²) >= 11 is 0. The van der Waals surface area contributed by atoms with Crippen LogP contribution in [0.5, 0.6) is 5.75 Å². The van der Waals surface area contributed by atoms with Gasteiger partial charge < -0.3 is 10.5 Å². The Morgan fingerprint density at radius 2 is 2.27 bits per heavy atom. The molecular formula is C12H16FNO. The van der Waals surface area contributed by atoms with Gasteiger partial charge >= 0.3 is 0 Å². The highest BCUT2D eigenvalue weighted by atomic mass is 19.1. The molecule has 2 unspecified atom stereocenters. The first-order valence-corrected chi connectivity index (χ1v) is 5.30. The van der Waals surface area contributed by atoms with E-state index < -0.39 is 0 Å². The number of hydrogen-bond donors (Lipinski definition) is 1. The van der Waals surface area contributed by atoms with Crippen LogP contribution in [0.1, 0.15) is 24.3 Å². The van der Waals surface area contributed by atoms with E-state index in [2.05, 4.69) is 0 Å². The van der Waals surface area contributed by atoms with Crippen molar-refractivity contribution in [3.8, 4) is 5.75 Å². The van der Waals surface area contributed by atoms with Gasteiger partial charge in [-0.15, -0.1) is 0 Å². The molecule has 0 amide bonds. The summed E-state index contributed by atoms with van der Waals surface area (Å²) in [5.74, 6) is 0.829. The molecular weight excluding hydrogens is 193 g/mol. The second-order valence-electron chi connectivity index (χ2n) is 4.04. The van der Waals surface area contributed by atoms with Gasteiger partial charge in [0.1, 0.15) is 0 Å². The Hall–Kier alpha value is -1.09. The maximum Gasteiger partial charge on any atom is 0.168 e. The summed E-state index contributed by atoms with van der Waals surface area (Å²) in [6.45, 7) is 0.640. The number of benzene rings is 1. The minimum absolute atomic E-state index is 0.219. The van der Waals surface area contributed by atoms with Gasteiger partial charge in [0.15, 0.2) is 11.6 Å². The lowest BCUT2D eigenvalue weighted by Gasteiger charge is -2.36. The summed E-state index contributed by atoms with van der Waals surface area (Å²) in [5, 5.41) is 0. The Morgan fingerprint density at radius 3 is 2.80 bits per heavy atom. The van der Waals surface area contributed by atoms with Crippen molar-refractivity contribution in [2.45, 2.75) is 18.8 Å². The molecule has 0 bridgehead atoms. The summed E-state index contributed by atoms with van der Waals surface area (Å²) in [4.78, 5) is 0. The SMILES string of the molecule is COc1cccc(C2CCC2CN)c1F. The minimum Gasteiger partial charge on any atom is -0.494 e. The molecule has 2 nitrogen and oxygen atoms in total. The van der Waals surface area contributed by atoms with Crippen molar-refractivity contribution >= 4 is 0 Å². The summed E-state index contributed by atoms with van der Waals surface area (Å²) in [6.07, 6.45) is 2.14. The minimum atomic E-state index is -0.219. The molecule has 2 atom stereocenters. The zero-order chi connectivity index (χ0) is 10.8. The number of halogens is 1. The highest BCUT2D eigenvalue weighted by molar-refractivity contribution is 5.34. The van der Waals surface area contributed by atoms with E-state index >= 15 is 0 Å². The number of ether oxygens (including phenoxy) is 1. The van der Waals surface area contributed by atoms with Crippen molar-refractivity contribution in [1.29, 1.82) is 0 Å². The van der Waals surface area contributed by atoms with E-state index in [0.717, 1.165) is 18.4 Å². The maximum atomic E-state index is 13.9. The molecule has 0 aliphatic heterocycles. The predicted octanol–water partition coefficient (Wildman–Crippen LogP) is 2.29. The highest BCUT2D eigenvalue weighted by Gasteiger charge is 2.33. The Kier molecular flexibility index (Phi) is 2.91. The number of nitrogens with two attached hydrogens (primary N) is 1. The molecule has 0 saturated heterocycles. The quantitative estimate of drug-likeness (QED) is 0.829. The molecule has 1 fully saturated rings. The molecule has 0 aromatic heterocycles. The van der Waals surface area contributed by atoms with Crippen LogP contribution in [0.15, 0.2) is 18.2 Å². The first-order chi connectivity index (χ1) is 7.27. The van der Waals surface area contributed by atoms with Gasteiger partial charge in [0.25, 0.3) is 0 Å². The lowest BCUT2D eigenvalue weighted by atomic mass is 9.70. The lowest BCUT2D eigenvalue weighted by molar-refractivity contribution is 0.255. The van der Waals surface area contributed by atoms with Crippen molar-refractivity contribution in [1.82, 2.24) is 0 Å². The van der Waals surface area contributed by atoms with Crippen LogP contribution in [0.25, 0.3) is 0 Å². The normalized spacial score (nSPS) is 24.7. The highest BCUT2D eigenvalue weighted by Crippen LogP contribution is 2.43. The summed E-state index contributed by atoms with van der Waals surface area (Å²) < 4.78 is 18.9. The van der Waals surface area contributed by atoms with Gasteiger partial charge in [0.2, 0.25) is 0 Å². The molecule has 82 valence electrons. The number of rotatable bonds is 3. The summed E-state index contributed by atoms with van der Waals surface area (Å²) in [7, 11) is 1.49. The summed E-state index contributed by atoms with van der Waals surface area (Å²) in [5.41, 5.74) is 6.39. The van der Waals surface area contributed by atoms with E-state index in [4.69, 9.17) is 10.5 Å². The van der Waals surface area contributed by atoms with Gasteiger partial charge in [0, 0.05) is 0 Å². The third kappa shape index (κ3) is 1.72. The van der Waals surface area contributed by atoms with Crippen molar-refractivity contribution < 1.29 is 9.13 Å². The molecule has 1 aliphatic rings. The molecule has 1 saturated carbocycles. The van der Waals surface area contributed by atoms with Gasteiger partial charge in [0.05, 0.1) is 7.11 Å². The van der Waals surface area contributed by atoms with Gasteiger partial charge in [-0.1, -0.05) is 12.1 Å². The van der Waals surface area contributed by atoms with Crippen LogP contribution < -0.4 is 10.5 Å². The molecule has 0 spiro atoms. The smallest absolute Gasteiger partial charge is 0.168 e. The fourth-order valence-electron chi connectivity index (χ4n) is 2.23. The van der Waals surface area contributed by atoms with E-state index in [9.17, 15) is 4.39 Å². The van der Waals surface area contributed by atoms with E-state index in [-0.39, 0.29) is 11.7 Å². The Bertz CT molecular complexity index is 351. The fourth-order valence-corrected chi connectivity index (χ4v) is 2.23. The van der Waals surface area contributed by atoms with E-state index in [1.165, 1.54) is 7.11 Å². The third-order valence-electron chi connectivity index (χ3n) is 3.33. The standard InChI is InChI=1S/C12H16FNO/c1-15-11-4-2-3-10(12(11)13)9-6-5-8(9)7-14/h2-4,8-9H,5-7,14H2,1H3. The zero-order valence-electron chi connectivity index (χ0n) is 8.87. The Labute approximate surface area is 89.2 Å². The van der Waals surface area contributed by atoms with Gasteiger partial charge in [-0.25, -0.2) is 4.39 Å². The largest absolute Gasteiger partial charge is 0.494 e. The van der Waals surface area contributed by atoms with Crippen molar-refractivity contribution in [3.63, 3.8) is 0 Å². The first kappa shape index (κ1) is 10.4. The third-order valence-corrected chi connectivity index (χ3v) is 3.33. The van der Waals surface area contributed by atoms with Crippen molar-refractivity contribution in [3.05, 3.63) is 29.6 Å². The van der Waals surface area contributed by atoms with E-state index in [0.29, 0.717) is 18.2 Å². The topological polar surface area (TPSA) is 35.2 Å². The Balaban J connectivity index is 2.28. The molecule has 1 aliphatic carbocycles. The molecule has 3 heteroatoms. The fraction of sp³-hybridized carbons (Fsp3) is 0.500. The molecule has 15 heavy (non-hydrogen) atoms. The van der Waals surface area contributed by atoms with Gasteiger partial charge in [-0.3, -0.25) is 0 Å². The Morgan fingerprint density at radius 1 is 1.47 bits per heavy atom. The lowest BCUT2D eigenvalue weighted by Crippen LogP contribution is -2.31. The molecule has 2 N–H and O–H groups in total. The van der Waals surface area contributed by atoms with Crippen LogP contribution in [-0.2, 0) is 0 Å². The first-order valence-electron chi connectivity index (χ1n) is 5.30.